The van der Waals surface area contributed by atoms with Crippen LogP contribution in [0.5, 0.6) is 0 Å². The topological polar surface area (TPSA) is 29.3 Å². The van der Waals surface area contributed by atoms with Crippen molar-refractivity contribution < 1.29 is 0 Å². The molecule has 120 valence electrons. The van der Waals surface area contributed by atoms with E-state index in [-0.39, 0.29) is 0 Å². The molecular weight excluding hydrogens is 411 g/mol. The van der Waals surface area contributed by atoms with Crippen molar-refractivity contribution in [3.63, 3.8) is 0 Å². The van der Waals surface area contributed by atoms with Gasteiger partial charge in [0.2, 0.25) is 0 Å². The normalized spacial score (nSPS) is 11.4. The molecule has 0 aliphatic rings. The molecule has 0 aromatic heterocycles. The molecule has 0 amide bonds. The minimum Gasteiger partial charge on any atom is -0.397 e. The fraction of sp³-hybridized carbons (Fsp3) is 0.625. The average Bonchev–Trinajstić information content (AvgIpc) is 2.42. The summed E-state index contributed by atoms with van der Waals surface area (Å²) in [6.07, 6.45) is 2.35. The van der Waals surface area contributed by atoms with Gasteiger partial charge in [-0.1, -0.05) is 71.9 Å². The first-order valence-corrected chi connectivity index (χ1v) is 11.1. The maximum Gasteiger partial charge on any atom is 0.0696 e. The van der Waals surface area contributed by atoms with Gasteiger partial charge in [-0.3, -0.25) is 0 Å². The SMILES string of the molecule is CC(C)CCc1cc(N(C)CI)c(N)cc1SSC(C)C. The second kappa shape index (κ2) is 9.40. The minimum absolute atomic E-state index is 0.617. The zero-order valence-electron chi connectivity index (χ0n) is 13.6. The summed E-state index contributed by atoms with van der Waals surface area (Å²) in [5, 5.41) is 0.617. The van der Waals surface area contributed by atoms with E-state index in [1.165, 1.54) is 16.9 Å². The van der Waals surface area contributed by atoms with Crippen LogP contribution in [0.15, 0.2) is 17.0 Å². The Morgan fingerprint density at radius 2 is 1.90 bits per heavy atom. The largest absolute Gasteiger partial charge is 0.397 e. The summed E-state index contributed by atoms with van der Waals surface area (Å²) in [5.74, 6) is 0.726. The first kappa shape index (κ1) is 19.3. The third-order valence-electron chi connectivity index (χ3n) is 3.12. The third-order valence-corrected chi connectivity index (χ3v) is 7.17. The molecule has 0 heterocycles. The number of hydrogen-bond donors (Lipinski definition) is 1. The molecule has 0 aliphatic heterocycles. The first-order valence-electron chi connectivity index (χ1n) is 7.38. The van der Waals surface area contributed by atoms with Gasteiger partial charge in [0.25, 0.3) is 0 Å². The fourth-order valence-corrected chi connectivity index (χ4v) is 4.35. The van der Waals surface area contributed by atoms with Crippen molar-refractivity contribution >= 4 is 55.6 Å². The molecule has 0 fully saturated rings. The summed E-state index contributed by atoms with van der Waals surface area (Å²) in [5.41, 5.74) is 9.73. The number of nitrogens with zero attached hydrogens (tertiary/aromatic N) is 1. The van der Waals surface area contributed by atoms with Crippen molar-refractivity contribution in [2.75, 3.05) is 22.2 Å². The van der Waals surface area contributed by atoms with Crippen LogP contribution < -0.4 is 10.6 Å². The lowest BCUT2D eigenvalue weighted by atomic mass is 10.0. The minimum atomic E-state index is 0.617. The Balaban J connectivity index is 3.05. The zero-order chi connectivity index (χ0) is 16.0. The van der Waals surface area contributed by atoms with Crippen molar-refractivity contribution in [3.8, 4) is 0 Å². The molecule has 1 aromatic carbocycles. The molecule has 0 atom stereocenters. The molecule has 21 heavy (non-hydrogen) atoms. The van der Waals surface area contributed by atoms with E-state index in [0.29, 0.717) is 5.25 Å². The summed E-state index contributed by atoms with van der Waals surface area (Å²) in [4.78, 5) is 3.54. The molecule has 2 nitrogen and oxygen atoms in total. The van der Waals surface area contributed by atoms with Gasteiger partial charge in [-0.25, -0.2) is 0 Å². The maximum atomic E-state index is 6.26. The number of nitrogen functional groups attached to an aromatic ring is 1. The lowest BCUT2D eigenvalue weighted by molar-refractivity contribution is 0.584. The van der Waals surface area contributed by atoms with Gasteiger partial charge in [-0.05, 0) is 36.5 Å². The van der Waals surface area contributed by atoms with E-state index >= 15 is 0 Å². The Labute approximate surface area is 151 Å². The number of halogens is 1. The van der Waals surface area contributed by atoms with Gasteiger partial charge in [0.15, 0.2) is 0 Å². The van der Waals surface area contributed by atoms with E-state index in [1.54, 1.807) is 0 Å². The fourth-order valence-electron chi connectivity index (χ4n) is 1.89. The summed E-state index contributed by atoms with van der Waals surface area (Å²) in [7, 11) is 5.87. The van der Waals surface area contributed by atoms with Crippen molar-refractivity contribution in [1.82, 2.24) is 0 Å². The number of anilines is 2. The van der Waals surface area contributed by atoms with Gasteiger partial charge in [0, 0.05) is 17.2 Å². The highest BCUT2D eigenvalue weighted by molar-refractivity contribution is 14.1. The van der Waals surface area contributed by atoms with Crippen LogP contribution in [0, 0.1) is 5.92 Å². The van der Waals surface area contributed by atoms with Crippen molar-refractivity contribution in [2.45, 2.75) is 50.7 Å². The highest BCUT2D eigenvalue weighted by Crippen LogP contribution is 2.40. The highest BCUT2D eigenvalue weighted by Gasteiger charge is 2.13. The quantitative estimate of drug-likeness (QED) is 0.182. The molecule has 0 unspecified atom stereocenters. The van der Waals surface area contributed by atoms with Crippen LogP contribution in [-0.4, -0.2) is 16.8 Å². The number of nitrogens with two attached hydrogens (primary N) is 1. The average molecular weight is 438 g/mol. The van der Waals surface area contributed by atoms with Crippen LogP contribution in [0.3, 0.4) is 0 Å². The molecule has 1 aromatic rings. The van der Waals surface area contributed by atoms with E-state index in [1.807, 2.05) is 21.6 Å². The first-order chi connectivity index (χ1) is 9.85. The Kier molecular flexibility index (Phi) is 8.64. The third kappa shape index (κ3) is 6.48. The van der Waals surface area contributed by atoms with Crippen LogP contribution in [-0.2, 0) is 6.42 Å². The molecule has 5 heteroatoms. The molecule has 1 rings (SSSR count). The lowest BCUT2D eigenvalue weighted by Crippen LogP contribution is -2.16. The predicted molar refractivity (Wildman–Crippen MR) is 110 cm³/mol. The molecule has 0 saturated heterocycles. The van der Waals surface area contributed by atoms with Crippen LogP contribution in [0.25, 0.3) is 0 Å². The standard InChI is InChI=1S/C16H27IN2S2/c1-11(2)6-7-13-8-15(19(5)10-17)14(18)9-16(13)21-20-12(3)4/h8-9,11-12H,6-7,10,18H2,1-5H3. The van der Waals surface area contributed by atoms with E-state index < -0.39 is 0 Å². The van der Waals surface area contributed by atoms with E-state index in [9.17, 15) is 0 Å². The molecule has 0 saturated carbocycles. The predicted octanol–water partition coefficient (Wildman–Crippen LogP) is 5.83. The highest BCUT2D eigenvalue weighted by atomic mass is 127. The van der Waals surface area contributed by atoms with Crippen molar-refractivity contribution in [3.05, 3.63) is 17.7 Å². The second-order valence-electron chi connectivity index (χ2n) is 6.00. The molecule has 2 N–H and O–H groups in total. The maximum absolute atomic E-state index is 6.26. The number of aryl methyl sites for hydroxylation is 1. The number of benzene rings is 1. The number of alkyl halides is 1. The Bertz CT molecular complexity index is 450. The zero-order valence-corrected chi connectivity index (χ0v) is 17.4. The van der Waals surface area contributed by atoms with E-state index in [4.69, 9.17) is 5.73 Å². The van der Waals surface area contributed by atoms with E-state index in [0.717, 1.165) is 28.3 Å². The smallest absolute Gasteiger partial charge is 0.0696 e. The molecule has 0 bridgehead atoms. The Morgan fingerprint density at radius 1 is 1.24 bits per heavy atom. The van der Waals surface area contributed by atoms with Crippen molar-refractivity contribution in [2.24, 2.45) is 5.92 Å². The Hall–Kier alpha value is 0.250. The lowest BCUT2D eigenvalue weighted by Gasteiger charge is -2.21. The van der Waals surface area contributed by atoms with Crippen LogP contribution in [0.2, 0.25) is 0 Å². The number of rotatable bonds is 8. The van der Waals surface area contributed by atoms with Gasteiger partial charge in [0.05, 0.1) is 15.9 Å². The monoisotopic (exact) mass is 438 g/mol. The second-order valence-corrected chi connectivity index (χ2v) is 9.50. The summed E-state index contributed by atoms with van der Waals surface area (Å²) in [6.45, 7) is 9.02. The van der Waals surface area contributed by atoms with Gasteiger partial charge in [-0.2, -0.15) is 0 Å². The van der Waals surface area contributed by atoms with Crippen LogP contribution >= 0.6 is 44.2 Å². The summed E-state index contributed by atoms with van der Waals surface area (Å²) >= 11 is 2.37. The summed E-state index contributed by atoms with van der Waals surface area (Å²) in [6, 6.07) is 4.45. The molecule has 0 aliphatic carbocycles. The van der Waals surface area contributed by atoms with Crippen molar-refractivity contribution in [1.29, 1.82) is 0 Å². The number of hydrogen-bond acceptors (Lipinski definition) is 4. The Morgan fingerprint density at radius 3 is 2.43 bits per heavy atom. The molecule has 0 spiro atoms. The van der Waals surface area contributed by atoms with Crippen LogP contribution in [0.1, 0.15) is 39.7 Å². The van der Waals surface area contributed by atoms with Gasteiger partial charge in [0.1, 0.15) is 0 Å². The molecular formula is C16H27IN2S2. The van der Waals surface area contributed by atoms with Crippen LogP contribution in [0.4, 0.5) is 11.4 Å². The summed E-state index contributed by atoms with van der Waals surface area (Å²) < 4.78 is 0.943. The molecule has 0 radical (unpaired) electrons. The van der Waals surface area contributed by atoms with Gasteiger partial charge >= 0.3 is 0 Å². The van der Waals surface area contributed by atoms with Gasteiger partial charge in [-0.15, -0.1) is 0 Å². The van der Waals surface area contributed by atoms with E-state index in [2.05, 4.69) is 74.4 Å². The van der Waals surface area contributed by atoms with Gasteiger partial charge < -0.3 is 10.6 Å².